The number of nitrogens with one attached hydrogen (secondary N) is 1. The molecule has 0 bridgehead atoms. The molecule has 1 atom stereocenters. The lowest BCUT2D eigenvalue weighted by atomic mass is 9.84. The number of rotatable bonds is 7. The molecule has 1 aromatic carbocycles. The Kier molecular flexibility index (Phi) is 4.37. The van der Waals surface area contributed by atoms with Gasteiger partial charge in [0.1, 0.15) is 18.3 Å². The zero-order valence-corrected chi connectivity index (χ0v) is 14.2. The molecule has 1 amide bonds. The van der Waals surface area contributed by atoms with Gasteiger partial charge in [-0.3, -0.25) is 14.5 Å². The Morgan fingerprint density at radius 1 is 1.24 bits per heavy atom. The summed E-state index contributed by atoms with van der Waals surface area (Å²) in [5, 5.41) is 12.2. The Hall–Kier alpha value is -2.08. The predicted octanol–water partition coefficient (Wildman–Crippen LogP) is 1.61. The molecule has 3 aliphatic rings. The van der Waals surface area contributed by atoms with Gasteiger partial charge in [0.15, 0.2) is 0 Å². The van der Waals surface area contributed by atoms with Crippen molar-refractivity contribution >= 4 is 11.9 Å². The number of ether oxygens (including phenoxy) is 1. The number of nitrogens with zero attached hydrogens (tertiary/aromatic N) is 1. The van der Waals surface area contributed by atoms with Gasteiger partial charge < -0.3 is 15.2 Å². The third-order valence-corrected chi connectivity index (χ3v) is 5.52. The van der Waals surface area contributed by atoms with E-state index in [0.29, 0.717) is 12.5 Å². The molecular weight excluding hydrogens is 320 g/mol. The van der Waals surface area contributed by atoms with Crippen LogP contribution < -0.4 is 10.1 Å². The first kappa shape index (κ1) is 16.4. The molecule has 1 heterocycles. The Morgan fingerprint density at radius 2 is 2.00 bits per heavy atom. The van der Waals surface area contributed by atoms with E-state index in [1.807, 2.05) is 24.3 Å². The standard InChI is InChI=1S/C19H24N2O4/c22-18(23)10-21(9-12-5-6-12)14-7-13(8-14)20-19(24)16-11-25-17-4-2-1-3-15(16)17/h1-4,12-14,16H,5-11H2,(H,20,24)(H,22,23)/t13?,14?,16-/m1/s1. The number of carbonyl (C=O) groups is 2. The first-order valence-electron chi connectivity index (χ1n) is 9.08. The molecular formula is C19H24N2O4. The summed E-state index contributed by atoms with van der Waals surface area (Å²) in [6.07, 6.45) is 4.09. The average molecular weight is 344 g/mol. The van der Waals surface area contributed by atoms with E-state index in [9.17, 15) is 9.59 Å². The van der Waals surface area contributed by atoms with Gasteiger partial charge in [-0.15, -0.1) is 0 Å². The van der Waals surface area contributed by atoms with Crippen molar-refractivity contribution < 1.29 is 19.4 Å². The van der Waals surface area contributed by atoms with Crippen LogP contribution in [0.25, 0.3) is 0 Å². The van der Waals surface area contributed by atoms with Crippen LogP contribution >= 0.6 is 0 Å². The quantitative estimate of drug-likeness (QED) is 0.786. The van der Waals surface area contributed by atoms with Gasteiger partial charge in [-0.1, -0.05) is 18.2 Å². The monoisotopic (exact) mass is 344 g/mol. The minimum Gasteiger partial charge on any atom is -0.492 e. The van der Waals surface area contributed by atoms with E-state index < -0.39 is 5.97 Å². The third kappa shape index (κ3) is 3.63. The van der Waals surface area contributed by atoms with Crippen molar-refractivity contribution in [1.29, 1.82) is 0 Å². The SMILES string of the molecule is O=C(O)CN(CC1CC1)C1CC(NC(=O)[C@@H]2COc3ccccc32)C1. The average Bonchev–Trinajstić information content (AvgIpc) is 3.24. The molecule has 2 saturated carbocycles. The molecule has 2 aliphatic carbocycles. The van der Waals surface area contributed by atoms with E-state index in [1.54, 1.807) is 0 Å². The Morgan fingerprint density at radius 3 is 2.72 bits per heavy atom. The summed E-state index contributed by atoms with van der Waals surface area (Å²) < 4.78 is 5.58. The second kappa shape index (κ2) is 6.67. The maximum Gasteiger partial charge on any atom is 0.317 e. The molecule has 134 valence electrons. The van der Waals surface area contributed by atoms with E-state index in [2.05, 4.69) is 10.2 Å². The molecule has 0 saturated heterocycles. The minimum absolute atomic E-state index is 0.0142. The molecule has 6 heteroatoms. The van der Waals surface area contributed by atoms with Gasteiger partial charge in [0.05, 0.1) is 6.54 Å². The van der Waals surface area contributed by atoms with E-state index in [1.165, 1.54) is 12.8 Å². The Balaban J connectivity index is 1.29. The van der Waals surface area contributed by atoms with E-state index in [4.69, 9.17) is 9.84 Å². The van der Waals surface area contributed by atoms with Crippen molar-refractivity contribution in [1.82, 2.24) is 10.2 Å². The zero-order valence-electron chi connectivity index (χ0n) is 14.2. The number of fused-ring (bicyclic) bond motifs is 1. The molecule has 2 N–H and O–H groups in total. The summed E-state index contributed by atoms with van der Waals surface area (Å²) in [5.41, 5.74) is 0.956. The number of carboxylic acids is 1. The maximum absolute atomic E-state index is 12.6. The van der Waals surface area contributed by atoms with Crippen LogP contribution in [0.3, 0.4) is 0 Å². The van der Waals surface area contributed by atoms with Crippen LogP contribution in [-0.4, -0.2) is 53.7 Å². The fourth-order valence-corrected chi connectivity index (χ4v) is 3.83. The Bertz CT molecular complexity index is 667. The second-order valence-corrected chi connectivity index (χ2v) is 7.50. The molecule has 0 spiro atoms. The topological polar surface area (TPSA) is 78.9 Å². The van der Waals surface area contributed by atoms with E-state index in [-0.39, 0.29) is 30.5 Å². The van der Waals surface area contributed by atoms with Gasteiger partial charge in [-0.05, 0) is 37.7 Å². The summed E-state index contributed by atoms with van der Waals surface area (Å²) in [4.78, 5) is 25.7. The summed E-state index contributed by atoms with van der Waals surface area (Å²) in [7, 11) is 0. The molecule has 1 aliphatic heterocycles. The van der Waals surface area contributed by atoms with Gasteiger partial charge in [-0.25, -0.2) is 0 Å². The summed E-state index contributed by atoms with van der Waals surface area (Å²) in [5.74, 6) is 0.469. The number of amides is 1. The highest BCUT2D eigenvalue weighted by molar-refractivity contribution is 5.85. The van der Waals surface area contributed by atoms with Crippen LogP contribution in [0.1, 0.15) is 37.2 Å². The number of aliphatic carboxylic acids is 1. The number of para-hydroxylation sites is 1. The predicted molar refractivity (Wildman–Crippen MR) is 91.6 cm³/mol. The van der Waals surface area contributed by atoms with Crippen molar-refractivity contribution in [2.75, 3.05) is 19.7 Å². The van der Waals surface area contributed by atoms with Crippen LogP contribution in [0, 0.1) is 5.92 Å². The lowest BCUT2D eigenvalue weighted by Gasteiger charge is -2.43. The number of carbonyl (C=O) groups excluding carboxylic acids is 1. The number of hydrogen-bond acceptors (Lipinski definition) is 4. The molecule has 4 rings (SSSR count). The van der Waals surface area contributed by atoms with Gasteiger partial charge >= 0.3 is 5.97 Å². The molecule has 2 fully saturated rings. The van der Waals surface area contributed by atoms with Crippen LogP contribution in [0.4, 0.5) is 0 Å². The Labute approximate surface area is 147 Å². The molecule has 25 heavy (non-hydrogen) atoms. The minimum atomic E-state index is -0.771. The van der Waals surface area contributed by atoms with Crippen molar-refractivity contribution in [2.45, 2.75) is 43.7 Å². The number of hydrogen-bond donors (Lipinski definition) is 2. The van der Waals surface area contributed by atoms with Crippen LogP contribution in [-0.2, 0) is 9.59 Å². The maximum atomic E-state index is 12.6. The molecule has 0 aromatic heterocycles. The fourth-order valence-electron chi connectivity index (χ4n) is 3.83. The second-order valence-electron chi connectivity index (χ2n) is 7.50. The smallest absolute Gasteiger partial charge is 0.317 e. The van der Waals surface area contributed by atoms with Gasteiger partial charge in [0, 0.05) is 24.2 Å². The molecule has 0 unspecified atom stereocenters. The highest BCUT2D eigenvalue weighted by Crippen LogP contribution is 2.36. The first-order chi connectivity index (χ1) is 12.1. The molecule has 6 nitrogen and oxygen atoms in total. The number of carboxylic acid groups (broad SMARTS) is 1. The zero-order chi connectivity index (χ0) is 17.4. The highest BCUT2D eigenvalue weighted by atomic mass is 16.5. The lowest BCUT2D eigenvalue weighted by molar-refractivity contribution is -0.140. The summed E-state index contributed by atoms with van der Waals surface area (Å²) >= 11 is 0. The third-order valence-electron chi connectivity index (χ3n) is 5.52. The van der Waals surface area contributed by atoms with Crippen molar-refractivity contribution in [3.05, 3.63) is 29.8 Å². The summed E-state index contributed by atoms with van der Waals surface area (Å²) in [6.45, 7) is 1.38. The van der Waals surface area contributed by atoms with Gasteiger partial charge in [-0.2, -0.15) is 0 Å². The van der Waals surface area contributed by atoms with Crippen molar-refractivity contribution in [3.63, 3.8) is 0 Å². The van der Waals surface area contributed by atoms with E-state index in [0.717, 1.165) is 30.7 Å². The lowest BCUT2D eigenvalue weighted by Crippen LogP contribution is -2.56. The summed E-state index contributed by atoms with van der Waals surface area (Å²) in [6, 6.07) is 8.08. The van der Waals surface area contributed by atoms with Gasteiger partial charge in [0.2, 0.25) is 5.91 Å². The normalized spacial score (nSPS) is 27.3. The van der Waals surface area contributed by atoms with Crippen LogP contribution in [0.2, 0.25) is 0 Å². The van der Waals surface area contributed by atoms with E-state index >= 15 is 0 Å². The number of benzene rings is 1. The van der Waals surface area contributed by atoms with Crippen LogP contribution in [0.5, 0.6) is 5.75 Å². The van der Waals surface area contributed by atoms with Crippen molar-refractivity contribution in [2.24, 2.45) is 5.92 Å². The molecule has 0 radical (unpaired) electrons. The van der Waals surface area contributed by atoms with Gasteiger partial charge in [0.25, 0.3) is 0 Å². The van der Waals surface area contributed by atoms with Crippen molar-refractivity contribution in [3.8, 4) is 5.75 Å². The molecule has 1 aromatic rings. The first-order valence-corrected chi connectivity index (χ1v) is 9.08. The largest absolute Gasteiger partial charge is 0.492 e. The van der Waals surface area contributed by atoms with Crippen LogP contribution in [0.15, 0.2) is 24.3 Å². The highest BCUT2D eigenvalue weighted by Gasteiger charge is 2.39. The fraction of sp³-hybridized carbons (Fsp3) is 0.579.